The highest BCUT2D eigenvalue weighted by Crippen LogP contribution is 2.35. The summed E-state index contributed by atoms with van der Waals surface area (Å²) in [7, 11) is 0. The number of carbonyl (C=O) groups is 3. The largest absolute Gasteiger partial charge is 0.511 e. The van der Waals surface area contributed by atoms with Crippen molar-refractivity contribution < 1.29 is 47.9 Å². The summed E-state index contributed by atoms with van der Waals surface area (Å²) in [5, 5.41) is 27.8. The maximum Gasteiger partial charge on any atom is 0.511 e. The van der Waals surface area contributed by atoms with Gasteiger partial charge in [0.15, 0.2) is 5.82 Å². The summed E-state index contributed by atoms with van der Waals surface area (Å²) in [4.78, 5) is 39.1. The van der Waals surface area contributed by atoms with Crippen LogP contribution in [0.15, 0.2) is 42.7 Å². The zero-order valence-corrected chi connectivity index (χ0v) is 20.6. The van der Waals surface area contributed by atoms with Gasteiger partial charge in [-0.3, -0.25) is 9.59 Å². The lowest BCUT2D eigenvalue weighted by Crippen LogP contribution is -2.37. The van der Waals surface area contributed by atoms with Gasteiger partial charge in [0.2, 0.25) is 12.7 Å². The SMILES string of the molecule is CC(=O)OCOC(=O)OC[C@H]1O[C@@H](c2ccc3c(NC(=O)[C@@H](N)Cc4ccc(F)cc4)ncnn23)[C@H](O)[C@@H]1O. The number of benzene rings is 1. The van der Waals surface area contributed by atoms with Crippen LogP contribution in [0.25, 0.3) is 5.52 Å². The van der Waals surface area contributed by atoms with Crippen molar-refractivity contribution in [3.05, 3.63) is 59.8 Å². The highest BCUT2D eigenvalue weighted by atomic mass is 19.1. The Morgan fingerprint density at radius 2 is 1.87 bits per heavy atom. The van der Waals surface area contributed by atoms with Crippen LogP contribution in [0.4, 0.5) is 15.0 Å². The quantitative estimate of drug-likeness (QED) is 0.210. The number of halogens is 1. The number of carbonyl (C=O) groups excluding carboxylic acids is 3. The minimum atomic E-state index is -1.42. The van der Waals surface area contributed by atoms with Crippen molar-refractivity contribution in [3.8, 4) is 0 Å². The third-order valence-corrected chi connectivity index (χ3v) is 5.89. The van der Waals surface area contributed by atoms with E-state index in [-0.39, 0.29) is 12.2 Å². The molecule has 2 aromatic heterocycles. The normalized spacial score (nSPS) is 21.4. The zero-order valence-electron chi connectivity index (χ0n) is 20.6. The topological polar surface area (TPSA) is 197 Å². The van der Waals surface area contributed by atoms with Gasteiger partial charge in [0.25, 0.3) is 0 Å². The summed E-state index contributed by atoms with van der Waals surface area (Å²) < 4.78 is 34.1. The van der Waals surface area contributed by atoms with Crippen molar-refractivity contribution >= 4 is 29.4 Å². The van der Waals surface area contributed by atoms with Crippen LogP contribution in [0.3, 0.4) is 0 Å². The Labute approximate surface area is 220 Å². The number of nitrogens with two attached hydrogens (primary N) is 1. The molecule has 0 bridgehead atoms. The Balaban J connectivity index is 1.41. The zero-order chi connectivity index (χ0) is 28.1. The lowest BCUT2D eigenvalue weighted by Gasteiger charge is -2.15. The summed E-state index contributed by atoms with van der Waals surface area (Å²) in [6, 6.07) is 7.83. The molecule has 39 heavy (non-hydrogen) atoms. The average molecular weight is 547 g/mol. The van der Waals surface area contributed by atoms with Crippen LogP contribution >= 0.6 is 0 Å². The Hall–Kier alpha value is -4.18. The Bertz CT molecular complexity index is 1340. The fourth-order valence-corrected chi connectivity index (χ4v) is 3.93. The van der Waals surface area contributed by atoms with Gasteiger partial charge in [0.05, 0.1) is 11.7 Å². The summed E-state index contributed by atoms with van der Waals surface area (Å²) in [6.07, 6.45) is -4.84. The number of nitrogens with one attached hydrogen (secondary N) is 1. The van der Waals surface area contributed by atoms with Gasteiger partial charge in [0, 0.05) is 6.92 Å². The van der Waals surface area contributed by atoms with E-state index in [0.29, 0.717) is 16.8 Å². The van der Waals surface area contributed by atoms with Crippen LogP contribution < -0.4 is 11.1 Å². The molecule has 4 rings (SSSR count). The first kappa shape index (κ1) is 27.8. The van der Waals surface area contributed by atoms with E-state index in [1.54, 1.807) is 12.1 Å². The van der Waals surface area contributed by atoms with E-state index in [1.165, 1.54) is 35.1 Å². The number of nitrogens with zero attached hydrogens (tertiary/aromatic N) is 3. The Kier molecular flexibility index (Phi) is 8.65. The second-order valence-electron chi connectivity index (χ2n) is 8.63. The molecule has 0 aliphatic carbocycles. The third kappa shape index (κ3) is 6.64. The van der Waals surface area contributed by atoms with Crippen LogP contribution in [0, 0.1) is 5.82 Å². The first-order chi connectivity index (χ1) is 18.6. The van der Waals surface area contributed by atoms with E-state index < -0.39 is 67.7 Å². The van der Waals surface area contributed by atoms with Crippen molar-refractivity contribution in [1.29, 1.82) is 0 Å². The number of hydrogen-bond donors (Lipinski definition) is 4. The van der Waals surface area contributed by atoms with Gasteiger partial charge in [-0.05, 0) is 36.2 Å². The summed E-state index contributed by atoms with van der Waals surface area (Å²) >= 11 is 0. The van der Waals surface area contributed by atoms with Crippen molar-refractivity contribution in [2.24, 2.45) is 5.73 Å². The van der Waals surface area contributed by atoms with Gasteiger partial charge >= 0.3 is 12.1 Å². The maximum absolute atomic E-state index is 13.1. The fraction of sp³-hybridized carbons (Fsp3) is 0.375. The van der Waals surface area contributed by atoms with E-state index in [1.807, 2.05) is 0 Å². The van der Waals surface area contributed by atoms with Crippen molar-refractivity contribution in [2.75, 3.05) is 18.7 Å². The minimum absolute atomic E-state index is 0.138. The van der Waals surface area contributed by atoms with Crippen LogP contribution in [0.5, 0.6) is 0 Å². The standard InChI is InChI=1S/C24H26FN5O9/c1-12(31)37-11-38-24(35)36-9-18-19(32)20(33)21(39-18)16-6-7-17-22(27-10-28-30(16)17)29-23(34)15(26)8-13-2-4-14(25)5-3-13/h2-7,10,15,18-21,32-33H,8-9,11,26H2,1H3,(H,27,28,29,34)/t15-,18+,19+,20+,21-/m0/s1. The van der Waals surface area contributed by atoms with Gasteiger partial charge in [-0.25, -0.2) is 18.7 Å². The molecule has 1 aliphatic heterocycles. The average Bonchev–Trinajstić information content (AvgIpc) is 3.45. The molecule has 5 N–H and O–H groups in total. The molecule has 1 fully saturated rings. The highest BCUT2D eigenvalue weighted by molar-refractivity contribution is 5.97. The smallest absolute Gasteiger partial charge is 0.431 e. The number of aliphatic hydroxyl groups excluding tert-OH is 2. The molecule has 1 amide bonds. The lowest BCUT2D eigenvalue weighted by atomic mass is 10.1. The van der Waals surface area contributed by atoms with E-state index in [4.69, 9.17) is 15.2 Å². The van der Waals surface area contributed by atoms with Crippen molar-refractivity contribution in [2.45, 2.75) is 43.8 Å². The number of aliphatic hydroxyl groups is 2. The molecule has 0 unspecified atom stereocenters. The predicted octanol–water partition coefficient (Wildman–Crippen LogP) is 0.212. The first-order valence-electron chi connectivity index (χ1n) is 11.7. The molecule has 3 heterocycles. The number of fused-ring (bicyclic) bond motifs is 1. The van der Waals surface area contributed by atoms with Crippen molar-refractivity contribution in [1.82, 2.24) is 14.6 Å². The molecule has 0 saturated carbocycles. The van der Waals surface area contributed by atoms with Gasteiger partial charge in [-0.1, -0.05) is 12.1 Å². The summed E-state index contributed by atoms with van der Waals surface area (Å²) in [5.74, 6) is -1.44. The fourth-order valence-electron chi connectivity index (χ4n) is 3.93. The van der Waals surface area contributed by atoms with Crippen LogP contribution in [-0.2, 0) is 35.0 Å². The van der Waals surface area contributed by atoms with Gasteiger partial charge < -0.3 is 40.2 Å². The molecular formula is C24H26FN5O9. The van der Waals surface area contributed by atoms with Gasteiger partial charge in [-0.2, -0.15) is 5.10 Å². The molecule has 3 aromatic rings. The Morgan fingerprint density at radius 1 is 1.13 bits per heavy atom. The van der Waals surface area contributed by atoms with Crippen LogP contribution in [-0.4, -0.2) is 80.6 Å². The molecule has 208 valence electrons. The molecule has 0 spiro atoms. The maximum atomic E-state index is 13.1. The highest BCUT2D eigenvalue weighted by Gasteiger charge is 2.45. The second-order valence-corrected chi connectivity index (χ2v) is 8.63. The molecule has 5 atom stereocenters. The Morgan fingerprint density at radius 3 is 2.59 bits per heavy atom. The number of ether oxygens (including phenoxy) is 4. The molecule has 14 nitrogen and oxygen atoms in total. The predicted molar refractivity (Wildman–Crippen MR) is 128 cm³/mol. The number of amides is 1. The van der Waals surface area contributed by atoms with Gasteiger partial charge in [0.1, 0.15) is 48.7 Å². The molecule has 1 aromatic carbocycles. The van der Waals surface area contributed by atoms with E-state index in [2.05, 4.69) is 24.9 Å². The number of anilines is 1. The molecule has 1 aliphatic rings. The summed E-state index contributed by atoms with van der Waals surface area (Å²) in [5.41, 5.74) is 7.38. The minimum Gasteiger partial charge on any atom is -0.431 e. The van der Waals surface area contributed by atoms with E-state index in [9.17, 15) is 29.0 Å². The van der Waals surface area contributed by atoms with Gasteiger partial charge in [-0.15, -0.1) is 0 Å². The molecular weight excluding hydrogens is 521 g/mol. The van der Waals surface area contributed by atoms with E-state index >= 15 is 0 Å². The monoisotopic (exact) mass is 547 g/mol. The van der Waals surface area contributed by atoms with Crippen LogP contribution in [0.2, 0.25) is 0 Å². The van der Waals surface area contributed by atoms with E-state index in [0.717, 1.165) is 6.92 Å². The number of aromatic nitrogens is 3. The number of hydrogen-bond acceptors (Lipinski definition) is 12. The third-order valence-electron chi connectivity index (χ3n) is 5.89. The molecule has 15 heteroatoms. The second kappa shape index (κ2) is 12.1. The van der Waals surface area contributed by atoms with Crippen molar-refractivity contribution in [3.63, 3.8) is 0 Å². The number of rotatable bonds is 9. The van der Waals surface area contributed by atoms with Crippen LogP contribution in [0.1, 0.15) is 24.3 Å². The first-order valence-corrected chi connectivity index (χ1v) is 11.7. The molecule has 1 saturated heterocycles. The summed E-state index contributed by atoms with van der Waals surface area (Å²) in [6.45, 7) is 0.0374. The molecule has 0 radical (unpaired) electrons. The lowest BCUT2D eigenvalue weighted by molar-refractivity contribution is -0.151. The number of esters is 1.